The summed E-state index contributed by atoms with van der Waals surface area (Å²) in [5.41, 5.74) is 2.76. The molecule has 2 aromatic heterocycles. The number of hydrogen-bond acceptors (Lipinski definition) is 7. The van der Waals surface area contributed by atoms with Crippen LogP contribution in [0, 0.1) is 0 Å². The van der Waals surface area contributed by atoms with Crippen LogP contribution in [0.5, 0.6) is 0 Å². The smallest absolute Gasteiger partial charge is 0.348 e. The molecule has 38 heavy (non-hydrogen) atoms. The average molecular weight is 530 g/mol. The van der Waals surface area contributed by atoms with E-state index in [1.54, 1.807) is 23.1 Å². The molecular weight excluding hydrogens is 502 g/mol. The molecule has 1 aliphatic rings. The lowest BCUT2D eigenvalue weighted by Gasteiger charge is -2.31. The van der Waals surface area contributed by atoms with E-state index < -0.39 is 5.97 Å². The van der Waals surface area contributed by atoms with Crippen molar-refractivity contribution < 1.29 is 19.1 Å². The van der Waals surface area contributed by atoms with E-state index >= 15 is 0 Å². The predicted octanol–water partition coefficient (Wildman–Crippen LogP) is 4.32. The highest BCUT2D eigenvalue weighted by Gasteiger charge is 2.26. The van der Waals surface area contributed by atoms with E-state index in [1.165, 1.54) is 24.0 Å². The van der Waals surface area contributed by atoms with Gasteiger partial charge in [0, 0.05) is 23.7 Å². The average Bonchev–Trinajstić information content (AvgIpc) is 3.64. The van der Waals surface area contributed by atoms with Crippen molar-refractivity contribution in [2.24, 2.45) is 0 Å². The van der Waals surface area contributed by atoms with Gasteiger partial charge >= 0.3 is 5.97 Å². The molecule has 194 valence electrons. The van der Waals surface area contributed by atoms with Crippen molar-refractivity contribution in [2.45, 2.75) is 25.2 Å². The molecule has 0 bridgehead atoms. The highest BCUT2D eigenvalue weighted by atomic mass is 32.1. The van der Waals surface area contributed by atoms with Crippen molar-refractivity contribution >= 4 is 34.8 Å². The molecule has 0 spiro atoms. The van der Waals surface area contributed by atoms with Crippen LogP contribution in [0.3, 0.4) is 0 Å². The van der Waals surface area contributed by atoms with E-state index in [0.717, 1.165) is 29.1 Å². The number of amides is 2. The lowest BCUT2D eigenvalue weighted by molar-refractivity contribution is -0.115. The minimum atomic E-state index is -0.400. The maximum absolute atomic E-state index is 12.9. The van der Waals surface area contributed by atoms with Gasteiger partial charge in [-0.15, -0.1) is 16.4 Å². The Kier molecular flexibility index (Phi) is 7.60. The van der Waals surface area contributed by atoms with Crippen LogP contribution in [-0.4, -0.2) is 57.6 Å². The number of nitrogens with zero attached hydrogens (tertiary/aromatic N) is 4. The molecule has 2 aromatic carbocycles. The summed E-state index contributed by atoms with van der Waals surface area (Å²) in [5, 5.41) is 7.27. The maximum atomic E-state index is 12.9. The first-order chi connectivity index (χ1) is 18.5. The number of likely N-dealkylation sites (tertiary alicyclic amines) is 1. The summed E-state index contributed by atoms with van der Waals surface area (Å²) in [6.07, 6.45) is 3.44. The van der Waals surface area contributed by atoms with E-state index in [0.29, 0.717) is 23.9 Å². The second kappa shape index (κ2) is 11.4. The zero-order valence-electron chi connectivity index (χ0n) is 20.9. The van der Waals surface area contributed by atoms with E-state index in [1.807, 2.05) is 59.5 Å². The van der Waals surface area contributed by atoms with Gasteiger partial charge in [0.2, 0.25) is 11.7 Å². The van der Waals surface area contributed by atoms with Crippen LogP contribution in [0.2, 0.25) is 0 Å². The van der Waals surface area contributed by atoms with Crippen molar-refractivity contribution in [3.05, 3.63) is 94.2 Å². The van der Waals surface area contributed by atoms with Crippen LogP contribution < -0.4 is 5.32 Å². The summed E-state index contributed by atoms with van der Waals surface area (Å²) in [5.74, 6) is -0.160. The summed E-state index contributed by atoms with van der Waals surface area (Å²) in [6, 6.07) is 20.9. The fourth-order valence-corrected chi connectivity index (χ4v) is 5.43. The SMILES string of the molecule is COC(=O)c1ccc(CC(=O)Nc2ccc(C3CCN(C(=O)c4ncn(-c5ccccc5)n4)CC3)cc2)s1. The van der Waals surface area contributed by atoms with Crippen LogP contribution >= 0.6 is 11.3 Å². The number of aromatic nitrogens is 3. The van der Waals surface area contributed by atoms with Gasteiger partial charge in [-0.1, -0.05) is 30.3 Å². The second-order valence-corrected chi connectivity index (χ2v) is 10.2. The molecule has 1 N–H and O–H groups in total. The van der Waals surface area contributed by atoms with E-state index in [9.17, 15) is 14.4 Å². The van der Waals surface area contributed by atoms with Crippen molar-refractivity contribution in [3.63, 3.8) is 0 Å². The maximum Gasteiger partial charge on any atom is 0.348 e. The predicted molar refractivity (Wildman–Crippen MR) is 144 cm³/mol. The quantitative estimate of drug-likeness (QED) is 0.358. The number of carbonyl (C=O) groups excluding carboxylic acids is 3. The Morgan fingerprint density at radius 1 is 1.00 bits per heavy atom. The Bertz CT molecular complexity index is 1420. The van der Waals surface area contributed by atoms with Crippen LogP contribution in [-0.2, 0) is 16.0 Å². The number of nitrogens with one attached hydrogen (secondary N) is 1. The van der Waals surface area contributed by atoms with Gasteiger partial charge < -0.3 is 15.0 Å². The molecule has 4 aromatic rings. The molecule has 1 fully saturated rings. The summed E-state index contributed by atoms with van der Waals surface area (Å²) in [6.45, 7) is 1.27. The Morgan fingerprint density at radius 2 is 1.74 bits per heavy atom. The largest absolute Gasteiger partial charge is 0.465 e. The van der Waals surface area contributed by atoms with E-state index in [4.69, 9.17) is 4.74 Å². The van der Waals surface area contributed by atoms with Gasteiger partial charge in [-0.05, 0) is 60.7 Å². The zero-order valence-corrected chi connectivity index (χ0v) is 21.7. The molecule has 1 saturated heterocycles. The third-order valence-corrected chi connectivity index (χ3v) is 7.60. The van der Waals surface area contributed by atoms with Crippen LogP contribution in [0.4, 0.5) is 5.69 Å². The van der Waals surface area contributed by atoms with Gasteiger partial charge in [-0.3, -0.25) is 9.59 Å². The second-order valence-electron chi connectivity index (χ2n) is 9.02. The monoisotopic (exact) mass is 529 g/mol. The topological polar surface area (TPSA) is 106 Å². The number of para-hydroxylation sites is 1. The van der Waals surface area contributed by atoms with Gasteiger partial charge in [-0.25, -0.2) is 14.5 Å². The Morgan fingerprint density at radius 3 is 2.45 bits per heavy atom. The van der Waals surface area contributed by atoms with Crippen molar-refractivity contribution in [1.29, 1.82) is 0 Å². The minimum Gasteiger partial charge on any atom is -0.465 e. The van der Waals surface area contributed by atoms with Crippen LogP contribution in [0.15, 0.2) is 73.1 Å². The fraction of sp³-hybridized carbons (Fsp3) is 0.250. The third-order valence-electron chi connectivity index (χ3n) is 6.53. The number of piperidine rings is 1. The number of methoxy groups -OCH3 is 1. The van der Waals surface area contributed by atoms with E-state index in [2.05, 4.69) is 15.4 Å². The number of esters is 1. The Hall–Kier alpha value is -4.31. The number of benzene rings is 2. The van der Waals surface area contributed by atoms with Gasteiger partial charge in [0.1, 0.15) is 11.2 Å². The third kappa shape index (κ3) is 5.81. The lowest BCUT2D eigenvalue weighted by Crippen LogP contribution is -2.38. The molecular formula is C28H27N5O4S. The van der Waals surface area contributed by atoms with Crippen LogP contribution in [0.25, 0.3) is 5.69 Å². The first-order valence-electron chi connectivity index (χ1n) is 12.3. The van der Waals surface area contributed by atoms with E-state index in [-0.39, 0.29) is 24.1 Å². The Labute approximate surface area is 224 Å². The number of anilines is 1. The summed E-state index contributed by atoms with van der Waals surface area (Å²) < 4.78 is 6.32. The van der Waals surface area contributed by atoms with Gasteiger partial charge in [-0.2, -0.15) is 0 Å². The lowest BCUT2D eigenvalue weighted by atomic mass is 9.89. The highest BCUT2D eigenvalue weighted by Crippen LogP contribution is 2.29. The molecule has 2 amide bonds. The number of hydrogen-bond donors (Lipinski definition) is 1. The molecule has 10 heteroatoms. The van der Waals surface area contributed by atoms with Gasteiger partial charge in [0.15, 0.2) is 0 Å². The van der Waals surface area contributed by atoms with Gasteiger partial charge in [0.25, 0.3) is 5.91 Å². The molecule has 0 unspecified atom stereocenters. The molecule has 5 rings (SSSR count). The van der Waals surface area contributed by atoms with Crippen molar-refractivity contribution in [2.75, 3.05) is 25.5 Å². The number of thiophene rings is 1. The number of rotatable bonds is 7. The zero-order chi connectivity index (χ0) is 26.5. The standard InChI is InChI=1S/C28H27N5O4S/c1-37-28(36)24-12-11-23(38-24)17-25(34)30-21-9-7-19(8-10-21)20-13-15-32(16-14-20)27(35)26-29-18-33(31-26)22-5-3-2-4-6-22/h2-12,18,20H,13-17H2,1H3,(H,30,34). The molecule has 0 aliphatic carbocycles. The highest BCUT2D eigenvalue weighted by molar-refractivity contribution is 7.14. The molecule has 3 heterocycles. The summed E-state index contributed by atoms with van der Waals surface area (Å²) >= 11 is 1.25. The first-order valence-corrected chi connectivity index (χ1v) is 13.1. The Balaban J connectivity index is 1.12. The molecule has 1 aliphatic heterocycles. The van der Waals surface area contributed by atoms with Gasteiger partial charge in [0.05, 0.1) is 19.2 Å². The number of ether oxygens (including phenoxy) is 1. The minimum absolute atomic E-state index is 0.147. The number of carbonyl (C=O) groups is 3. The molecule has 9 nitrogen and oxygen atoms in total. The fourth-order valence-electron chi connectivity index (χ4n) is 4.51. The summed E-state index contributed by atoms with van der Waals surface area (Å²) in [4.78, 5) is 44.3. The van der Waals surface area contributed by atoms with Crippen molar-refractivity contribution in [1.82, 2.24) is 19.7 Å². The molecule has 0 saturated carbocycles. The molecule has 0 atom stereocenters. The van der Waals surface area contributed by atoms with Crippen LogP contribution in [0.1, 0.15) is 49.5 Å². The summed E-state index contributed by atoms with van der Waals surface area (Å²) in [7, 11) is 1.33. The molecule has 0 radical (unpaired) electrons. The first kappa shape index (κ1) is 25.3. The normalized spacial score (nSPS) is 13.8. The van der Waals surface area contributed by atoms with Crippen molar-refractivity contribution in [3.8, 4) is 5.69 Å².